The summed E-state index contributed by atoms with van der Waals surface area (Å²) >= 11 is 0. The molecule has 3 rings (SSSR count). The number of carbonyl (C=O) groups is 1. The van der Waals surface area contributed by atoms with E-state index >= 15 is 0 Å². The second-order valence-corrected chi connectivity index (χ2v) is 8.53. The summed E-state index contributed by atoms with van der Waals surface area (Å²) in [6, 6.07) is 22.5. The van der Waals surface area contributed by atoms with Crippen LogP contribution in [0.25, 0.3) is 0 Å². The Kier molecular flexibility index (Phi) is 6.34. The number of anilines is 1. The molecular formula is C23H24N2O3S. The zero-order chi connectivity index (χ0) is 20.9. The highest BCUT2D eigenvalue weighted by atomic mass is 32.2. The number of benzene rings is 3. The fraction of sp³-hybridized carbons (Fsp3) is 0.174. The molecule has 0 aromatic heterocycles. The quantitative estimate of drug-likeness (QED) is 0.596. The summed E-state index contributed by atoms with van der Waals surface area (Å²) in [5, 5.41) is 3.02. The number of hydrogen-bond acceptors (Lipinski definition) is 3. The van der Waals surface area contributed by atoms with Gasteiger partial charge in [-0.2, -0.15) is 0 Å². The van der Waals surface area contributed by atoms with Crippen molar-refractivity contribution in [2.24, 2.45) is 0 Å². The molecule has 0 radical (unpaired) electrons. The molecule has 3 aromatic rings. The molecule has 5 nitrogen and oxygen atoms in total. The first-order chi connectivity index (χ1) is 13.9. The molecule has 6 heteroatoms. The lowest BCUT2D eigenvalue weighted by Crippen LogP contribution is -2.28. The Labute approximate surface area is 171 Å². The van der Waals surface area contributed by atoms with E-state index in [2.05, 4.69) is 10.0 Å². The third-order valence-electron chi connectivity index (χ3n) is 4.62. The number of carbonyl (C=O) groups excluding carboxylic acids is 1. The van der Waals surface area contributed by atoms with Gasteiger partial charge < -0.3 is 5.32 Å². The van der Waals surface area contributed by atoms with Crippen molar-refractivity contribution in [2.75, 3.05) is 4.72 Å². The summed E-state index contributed by atoms with van der Waals surface area (Å²) in [4.78, 5) is 12.9. The predicted molar refractivity (Wildman–Crippen MR) is 115 cm³/mol. The van der Waals surface area contributed by atoms with Crippen LogP contribution < -0.4 is 10.0 Å². The lowest BCUT2D eigenvalue weighted by Gasteiger charge is -2.18. The predicted octanol–water partition coefficient (Wildman–Crippen LogP) is 4.68. The van der Waals surface area contributed by atoms with Crippen LogP contribution >= 0.6 is 0 Å². The van der Waals surface area contributed by atoms with Crippen molar-refractivity contribution in [3.8, 4) is 0 Å². The van der Waals surface area contributed by atoms with E-state index in [-0.39, 0.29) is 16.8 Å². The number of nitrogens with one attached hydrogen (secondary N) is 2. The molecule has 1 atom stereocenters. The van der Waals surface area contributed by atoms with Crippen LogP contribution in [0.4, 0.5) is 5.69 Å². The van der Waals surface area contributed by atoms with Crippen LogP contribution in [-0.2, 0) is 10.0 Å². The van der Waals surface area contributed by atoms with E-state index < -0.39 is 10.0 Å². The van der Waals surface area contributed by atoms with E-state index in [0.29, 0.717) is 11.3 Å². The molecule has 3 aromatic carbocycles. The molecular weight excluding hydrogens is 384 g/mol. The molecule has 0 heterocycles. The number of aryl methyl sites for hydroxylation is 1. The molecule has 29 heavy (non-hydrogen) atoms. The van der Waals surface area contributed by atoms with Gasteiger partial charge >= 0.3 is 0 Å². The van der Waals surface area contributed by atoms with Crippen LogP contribution in [-0.4, -0.2) is 14.3 Å². The second-order valence-electron chi connectivity index (χ2n) is 6.84. The maximum absolute atomic E-state index is 12.8. The lowest BCUT2D eigenvalue weighted by molar-refractivity contribution is 0.0935. The largest absolute Gasteiger partial charge is 0.345 e. The summed E-state index contributed by atoms with van der Waals surface area (Å²) in [7, 11) is -3.71. The highest BCUT2D eigenvalue weighted by Gasteiger charge is 2.17. The zero-order valence-electron chi connectivity index (χ0n) is 16.4. The molecule has 0 spiro atoms. The third-order valence-corrected chi connectivity index (χ3v) is 6.02. The first-order valence-corrected chi connectivity index (χ1v) is 10.9. The first-order valence-electron chi connectivity index (χ1n) is 9.44. The van der Waals surface area contributed by atoms with Crippen LogP contribution in [0.1, 0.15) is 40.9 Å². The molecule has 0 saturated heterocycles. The van der Waals surface area contributed by atoms with E-state index in [1.54, 1.807) is 36.4 Å². The summed E-state index contributed by atoms with van der Waals surface area (Å²) in [5.41, 5.74) is 2.93. The van der Waals surface area contributed by atoms with Gasteiger partial charge in [-0.05, 0) is 49.2 Å². The molecule has 2 N–H and O–H groups in total. The van der Waals surface area contributed by atoms with E-state index in [4.69, 9.17) is 0 Å². The monoisotopic (exact) mass is 408 g/mol. The van der Waals surface area contributed by atoms with Gasteiger partial charge in [0.05, 0.1) is 10.9 Å². The van der Waals surface area contributed by atoms with Crippen molar-refractivity contribution in [1.82, 2.24) is 5.32 Å². The van der Waals surface area contributed by atoms with Crippen LogP contribution in [0.2, 0.25) is 0 Å². The number of hydrogen-bond donors (Lipinski definition) is 2. The molecule has 0 bridgehead atoms. The fourth-order valence-corrected chi connectivity index (χ4v) is 4.07. The van der Waals surface area contributed by atoms with Gasteiger partial charge in [-0.25, -0.2) is 8.42 Å². The van der Waals surface area contributed by atoms with Crippen LogP contribution in [0.15, 0.2) is 83.8 Å². The first kappa shape index (κ1) is 20.6. The van der Waals surface area contributed by atoms with Gasteiger partial charge in [-0.15, -0.1) is 0 Å². The molecule has 150 valence electrons. The summed E-state index contributed by atoms with van der Waals surface area (Å²) in [5.74, 6) is -0.252. The normalized spacial score (nSPS) is 12.2. The number of rotatable bonds is 7. The highest BCUT2D eigenvalue weighted by Crippen LogP contribution is 2.20. The Morgan fingerprint density at radius 2 is 1.62 bits per heavy atom. The van der Waals surface area contributed by atoms with Crippen LogP contribution in [0.3, 0.4) is 0 Å². The van der Waals surface area contributed by atoms with Crippen LogP contribution in [0, 0.1) is 6.92 Å². The summed E-state index contributed by atoms with van der Waals surface area (Å²) in [6.07, 6.45) is 0.745. The van der Waals surface area contributed by atoms with E-state index in [9.17, 15) is 13.2 Å². The van der Waals surface area contributed by atoms with Crippen molar-refractivity contribution in [1.29, 1.82) is 0 Å². The molecule has 0 unspecified atom stereocenters. The van der Waals surface area contributed by atoms with Gasteiger partial charge in [0.25, 0.3) is 15.9 Å². The molecule has 1 amide bonds. The number of sulfonamides is 1. The zero-order valence-corrected chi connectivity index (χ0v) is 17.2. The minimum absolute atomic E-state index is 0.118. The average Bonchev–Trinajstić information content (AvgIpc) is 2.73. The van der Waals surface area contributed by atoms with Crippen molar-refractivity contribution in [3.05, 3.63) is 95.6 Å². The maximum atomic E-state index is 12.8. The third kappa shape index (κ3) is 5.23. The summed E-state index contributed by atoms with van der Waals surface area (Å²) < 4.78 is 27.5. The smallest absolute Gasteiger partial charge is 0.261 e. The molecule has 0 aliphatic rings. The van der Waals surface area contributed by atoms with E-state index in [1.807, 2.05) is 38.1 Å². The Bertz CT molecular complexity index is 1080. The topological polar surface area (TPSA) is 75.3 Å². The van der Waals surface area contributed by atoms with Gasteiger partial charge in [0, 0.05) is 11.3 Å². The van der Waals surface area contributed by atoms with Gasteiger partial charge in [0.2, 0.25) is 0 Å². The maximum Gasteiger partial charge on any atom is 0.261 e. The molecule has 0 aliphatic carbocycles. The molecule has 0 aliphatic heterocycles. The average molecular weight is 409 g/mol. The number of amides is 1. The molecule has 0 fully saturated rings. The van der Waals surface area contributed by atoms with Crippen molar-refractivity contribution >= 4 is 21.6 Å². The SMILES string of the molecule is CC[C@@H](NC(=O)c1cccc(NS(=O)(=O)c2ccccc2)c1)c1ccc(C)cc1. The molecule has 0 saturated carbocycles. The standard InChI is InChI=1S/C23H24N2O3S/c1-3-22(18-14-12-17(2)13-15-18)24-23(26)19-8-7-9-20(16-19)25-29(27,28)21-10-5-4-6-11-21/h4-16,22,25H,3H2,1-2H3,(H,24,26)/t22-/m1/s1. The Hall–Kier alpha value is -3.12. The highest BCUT2D eigenvalue weighted by molar-refractivity contribution is 7.92. The Balaban J connectivity index is 1.76. The Morgan fingerprint density at radius 3 is 2.28 bits per heavy atom. The Morgan fingerprint density at radius 1 is 0.931 bits per heavy atom. The van der Waals surface area contributed by atoms with Gasteiger partial charge in [0.1, 0.15) is 0 Å². The fourth-order valence-electron chi connectivity index (χ4n) is 3.00. The van der Waals surface area contributed by atoms with Gasteiger partial charge in [-0.3, -0.25) is 9.52 Å². The van der Waals surface area contributed by atoms with Gasteiger partial charge in [0.15, 0.2) is 0 Å². The van der Waals surface area contributed by atoms with Crippen molar-refractivity contribution < 1.29 is 13.2 Å². The lowest BCUT2D eigenvalue weighted by atomic mass is 10.0. The summed E-state index contributed by atoms with van der Waals surface area (Å²) in [6.45, 7) is 4.03. The van der Waals surface area contributed by atoms with Crippen molar-refractivity contribution in [3.63, 3.8) is 0 Å². The van der Waals surface area contributed by atoms with Crippen molar-refractivity contribution in [2.45, 2.75) is 31.2 Å². The van der Waals surface area contributed by atoms with Gasteiger partial charge in [-0.1, -0.05) is 61.0 Å². The minimum atomic E-state index is -3.71. The van der Waals surface area contributed by atoms with Crippen LogP contribution in [0.5, 0.6) is 0 Å². The minimum Gasteiger partial charge on any atom is -0.345 e. The van der Waals surface area contributed by atoms with E-state index in [1.165, 1.54) is 18.2 Å². The second kappa shape index (κ2) is 8.92. The van der Waals surface area contributed by atoms with E-state index in [0.717, 1.165) is 17.5 Å².